The fourth-order valence-corrected chi connectivity index (χ4v) is 3.38. The van der Waals surface area contributed by atoms with Gasteiger partial charge in [0, 0.05) is 37.8 Å². The summed E-state index contributed by atoms with van der Waals surface area (Å²) < 4.78 is 51.8. The molecule has 0 saturated carbocycles. The number of hydrogen-bond donors (Lipinski definition) is 0. The Morgan fingerprint density at radius 3 is 2.26 bits per heavy atom. The molecule has 0 unspecified atom stereocenters. The Morgan fingerprint density at radius 2 is 1.74 bits per heavy atom. The van der Waals surface area contributed by atoms with Crippen molar-refractivity contribution in [1.82, 2.24) is 9.21 Å². The van der Waals surface area contributed by atoms with Crippen molar-refractivity contribution in [3.63, 3.8) is 0 Å². The third kappa shape index (κ3) is 4.14. The number of piperazine rings is 1. The third-order valence-corrected chi connectivity index (χ3v) is 5.58. The Labute approximate surface area is 134 Å². The minimum absolute atomic E-state index is 0.0212. The normalized spacial score (nSPS) is 16.9. The number of carbonyl (C=O) groups is 1. The van der Waals surface area contributed by atoms with Crippen molar-refractivity contribution in [2.45, 2.75) is 6.92 Å². The number of benzene rings is 1. The zero-order chi connectivity index (χ0) is 17.0. The Kier molecular flexibility index (Phi) is 5.48. The van der Waals surface area contributed by atoms with Crippen LogP contribution in [-0.4, -0.2) is 55.5 Å². The van der Waals surface area contributed by atoms with Gasteiger partial charge in [0.1, 0.15) is 11.6 Å². The average Bonchev–Trinajstić information content (AvgIpc) is 2.54. The quantitative estimate of drug-likeness (QED) is 0.778. The molecule has 23 heavy (non-hydrogen) atoms. The lowest BCUT2D eigenvalue weighted by molar-refractivity contribution is -0.127. The second-order valence-corrected chi connectivity index (χ2v) is 7.35. The number of halogens is 2. The van der Waals surface area contributed by atoms with E-state index in [9.17, 15) is 22.0 Å². The molecule has 1 aromatic carbocycles. The molecular weight excluding hydrogens is 326 g/mol. The fraction of sp³-hybridized carbons (Fsp3) is 0.400. The largest absolute Gasteiger partial charge is 0.337 e. The van der Waals surface area contributed by atoms with E-state index in [1.165, 1.54) is 15.3 Å². The molecule has 1 aliphatic rings. The van der Waals surface area contributed by atoms with Gasteiger partial charge >= 0.3 is 0 Å². The maximum atomic E-state index is 13.5. The van der Waals surface area contributed by atoms with Crippen LogP contribution in [0.5, 0.6) is 0 Å². The van der Waals surface area contributed by atoms with Gasteiger partial charge in [-0.05, 0) is 25.1 Å². The molecule has 0 radical (unpaired) electrons. The van der Waals surface area contributed by atoms with Gasteiger partial charge in [-0.3, -0.25) is 4.79 Å². The topological polar surface area (TPSA) is 57.7 Å². The summed E-state index contributed by atoms with van der Waals surface area (Å²) in [5, 5.41) is 0. The minimum Gasteiger partial charge on any atom is -0.337 e. The van der Waals surface area contributed by atoms with E-state index in [0.717, 1.165) is 24.3 Å². The average molecular weight is 344 g/mol. The van der Waals surface area contributed by atoms with Gasteiger partial charge in [0.2, 0.25) is 15.9 Å². The van der Waals surface area contributed by atoms with E-state index in [2.05, 4.69) is 0 Å². The first kappa shape index (κ1) is 17.6. The van der Waals surface area contributed by atoms with Crippen molar-refractivity contribution in [2.24, 2.45) is 0 Å². The second kappa shape index (κ2) is 7.18. The van der Waals surface area contributed by atoms with Gasteiger partial charge in [0.05, 0.1) is 5.75 Å². The van der Waals surface area contributed by atoms with E-state index >= 15 is 0 Å². The zero-order valence-electron chi connectivity index (χ0n) is 12.7. The lowest BCUT2D eigenvalue weighted by Crippen LogP contribution is -2.50. The number of rotatable bonds is 4. The van der Waals surface area contributed by atoms with Gasteiger partial charge in [-0.15, -0.1) is 0 Å². The molecule has 0 aliphatic carbocycles. The van der Waals surface area contributed by atoms with E-state index < -0.39 is 27.6 Å². The van der Waals surface area contributed by atoms with Gasteiger partial charge in [0.15, 0.2) is 0 Å². The molecule has 0 N–H and O–H groups in total. The molecule has 0 aromatic heterocycles. The Hall–Kier alpha value is -1.80. The number of hydrogen-bond acceptors (Lipinski definition) is 3. The molecule has 1 saturated heterocycles. The molecule has 8 heteroatoms. The number of carbonyl (C=O) groups excluding carboxylic acids is 1. The van der Waals surface area contributed by atoms with Crippen molar-refractivity contribution in [2.75, 3.05) is 31.9 Å². The Morgan fingerprint density at radius 1 is 1.17 bits per heavy atom. The highest BCUT2D eigenvalue weighted by Crippen LogP contribution is 2.14. The summed E-state index contributed by atoms with van der Waals surface area (Å²) >= 11 is 0. The van der Waals surface area contributed by atoms with Gasteiger partial charge in [-0.2, -0.15) is 4.31 Å². The summed E-state index contributed by atoms with van der Waals surface area (Å²) in [4.78, 5) is 13.5. The summed E-state index contributed by atoms with van der Waals surface area (Å²) in [6, 6.07) is 3.47. The molecular formula is C15H18F2N2O3S. The lowest BCUT2D eigenvalue weighted by Gasteiger charge is -2.33. The van der Waals surface area contributed by atoms with E-state index in [1.54, 1.807) is 6.92 Å². The molecule has 0 bridgehead atoms. The van der Waals surface area contributed by atoms with Gasteiger partial charge in [-0.25, -0.2) is 17.2 Å². The molecule has 5 nitrogen and oxygen atoms in total. The molecule has 126 valence electrons. The van der Waals surface area contributed by atoms with Crippen LogP contribution in [0.25, 0.3) is 6.08 Å². The van der Waals surface area contributed by atoms with Crippen molar-refractivity contribution < 1.29 is 22.0 Å². The van der Waals surface area contributed by atoms with E-state index in [1.807, 2.05) is 0 Å². The molecule has 1 aromatic rings. The maximum Gasteiger partial charge on any atom is 0.246 e. The summed E-state index contributed by atoms with van der Waals surface area (Å²) in [6.07, 6.45) is 2.20. The highest BCUT2D eigenvalue weighted by Gasteiger charge is 2.26. The first-order chi connectivity index (χ1) is 10.8. The van der Waals surface area contributed by atoms with Crippen molar-refractivity contribution in [1.29, 1.82) is 0 Å². The molecule has 1 amide bonds. The van der Waals surface area contributed by atoms with Crippen LogP contribution in [-0.2, 0) is 14.8 Å². The summed E-state index contributed by atoms with van der Waals surface area (Å²) in [7, 11) is -3.26. The first-order valence-electron chi connectivity index (χ1n) is 7.24. The number of nitrogens with zero attached hydrogens (tertiary/aromatic N) is 2. The Balaban J connectivity index is 1.99. The van der Waals surface area contributed by atoms with Crippen molar-refractivity contribution >= 4 is 22.0 Å². The van der Waals surface area contributed by atoms with Crippen LogP contribution in [0.2, 0.25) is 0 Å². The molecule has 2 rings (SSSR count). The molecule has 0 spiro atoms. The predicted molar refractivity (Wildman–Crippen MR) is 83.0 cm³/mol. The van der Waals surface area contributed by atoms with E-state index in [4.69, 9.17) is 0 Å². The monoisotopic (exact) mass is 344 g/mol. The summed E-state index contributed by atoms with van der Waals surface area (Å²) in [6.45, 7) is 2.52. The third-order valence-electron chi connectivity index (χ3n) is 3.70. The maximum absolute atomic E-state index is 13.5. The van der Waals surface area contributed by atoms with Crippen LogP contribution in [0, 0.1) is 11.6 Å². The highest BCUT2D eigenvalue weighted by molar-refractivity contribution is 7.89. The molecule has 1 fully saturated rings. The number of sulfonamides is 1. The minimum atomic E-state index is -3.26. The van der Waals surface area contributed by atoms with Gasteiger partial charge in [-0.1, -0.05) is 6.07 Å². The fourth-order valence-electron chi connectivity index (χ4n) is 2.30. The molecule has 0 atom stereocenters. The van der Waals surface area contributed by atoms with Gasteiger partial charge in [0.25, 0.3) is 0 Å². The number of amides is 1. The predicted octanol–water partition coefficient (Wildman–Crippen LogP) is 1.47. The summed E-state index contributed by atoms with van der Waals surface area (Å²) in [5.74, 6) is -1.87. The van der Waals surface area contributed by atoms with Crippen molar-refractivity contribution in [3.8, 4) is 0 Å². The molecule has 1 aliphatic heterocycles. The first-order valence-corrected chi connectivity index (χ1v) is 8.85. The molecule has 1 heterocycles. The van der Waals surface area contributed by atoms with Crippen molar-refractivity contribution in [3.05, 3.63) is 41.5 Å². The van der Waals surface area contributed by atoms with E-state index in [0.29, 0.717) is 0 Å². The van der Waals surface area contributed by atoms with Crippen LogP contribution in [0.15, 0.2) is 24.3 Å². The standard InChI is InChI=1S/C15H18F2N2O3S/c1-2-23(21,22)19-10-8-18(9-11-19)15(20)7-6-12-13(16)4-3-5-14(12)17/h3-7H,2,8-11H2,1H3/b7-6-. The highest BCUT2D eigenvalue weighted by atomic mass is 32.2. The lowest BCUT2D eigenvalue weighted by atomic mass is 10.2. The van der Waals surface area contributed by atoms with E-state index in [-0.39, 0.29) is 37.5 Å². The van der Waals surface area contributed by atoms with Crippen LogP contribution in [0.3, 0.4) is 0 Å². The van der Waals surface area contributed by atoms with Crippen LogP contribution >= 0.6 is 0 Å². The van der Waals surface area contributed by atoms with Crippen LogP contribution in [0.1, 0.15) is 12.5 Å². The second-order valence-electron chi connectivity index (χ2n) is 5.09. The zero-order valence-corrected chi connectivity index (χ0v) is 13.5. The smallest absolute Gasteiger partial charge is 0.246 e. The Bertz CT molecular complexity index is 691. The van der Waals surface area contributed by atoms with Crippen LogP contribution < -0.4 is 0 Å². The van der Waals surface area contributed by atoms with Gasteiger partial charge < -0.3 is 4.90 Å². The summed E-state index contributed by atoms with van der Waals surface area (Å²) in [5.41, 5.74) is -0.270. The SMILES string of the molecule is CCS(=O)(=O)N1CCN(C(=O)/C=C\c2c(F)cccc2F)CC1. The van der Waals surface area contributed by atoms with Crippen LogP contribution in [0.4, 0.5) is 8.78 Å².